The SMILES string of the molecule is COc1ccc(Sc2cc(C#N)ccc2[C@@H](C)O)cc1. The highest BCUT2D eigenvalue weighted by Crippen LogP contribution is 2.34. The van der Waals surface area contributed by atoms with Gasteiger partial charge >= 0.3 is 0 Å². The lowest BCUT2D eigenvalue weighted by Crippen LogP contribution is -1.94. The van der Waals surface area contributed by atoms with E-state index in [2.05, 4.69) is 6.07 Å². The molecule has 2 rings (SSSR count). The van der Waals surface area contributed by atoms with Gasteiger partial charge in [0.15, 0.2) is 0 Å². The van der Waals surface area contributed by atoms with Crippen LogP contribution >= 0.6 is 11.8 Å². The number of ether oxygens (including phenoxy) is 1. The Balaban J connectivity index is 2.33. The van der Waals surface area contributed by atoms with Crippen LogP contribution in [0.25, 0.3) is 0 Å². The number of nitriles is 1. The monoisotopic (exact) mass is 285 g/mol. The highest BCUT2D eigenvalue weighted by molar-refractivity contribution is 7.99. The summed E-state index contributed by atoms with van der Waals surface area (Å²) < 4.78 is 5.13. The van der Waals surface area contributed by atoms with Gasteiger partial charge in [0.1, 0.15) is 5.75 Å². The molecule has 2 aromatic carbocycles. The first-order chi connectivity index (χ1) is 9.63. The van der Waals surface area contributed by atoms with Crippen LogP contribution in [0.2, 0.25) is 0 Å². The van der Waals surface area contributed by atoms with Crippen LogP contribution in [0.5, 0.6) is 5.75 Å². The van der Waals surface area contributed by atoms with Crippen molar-refractivity contribution in [3.05, 3.63) is 53.6 Å². The molecule has 1 N–H and O–H groups in total. The third-order valence-electron chi connectivity index (χ3n) is 2.88. The Morgan fingerprint density at radius 1 is 1.20 bits per heavy atom. The van der Waals surface area contributed by atoms with E-state index in [1.165, 1.54) is 11.8 Å². The van der Waals surface area contributed by atoms with Crippen molar-refractivity contribution in [3.8, 4) is 11.8 Å². The second-order valence-electron chi connectivity index (χ2n) is 4.32. The van der Waals surface area contributed by atoms with Crippen molar-refractivity contribution in [3.63, 3.8) is 0 Å². The lowest BCUT2D eigenvalue weighted by molar-refractivity contribution is 0.196. The number of rotatable bonds is 4. The van der Waals surface area contributed by atoms with E-state index in [4.69, 9.17) is 10.00 Å². The van der Waals surface area contributed by atoms with E-state index in [0.717, 1.165) is 21.1 Å². The Kier molecular flexibility index (Phi) is 4.67. The van der Waals surface area contributed by atoms with Gasteiger partial charge in [-0.25, -0.2) is 0 Å². The molecule has 1 atom stereocenters. The van der Waals surface area contributed by atoms with E-state index in [9.17, 15) is 5.11 Å². The minimum absolute atomic E-state index is 0.566. The molecule has 0 aliphatic rings. The Labute approximate surface area is 122 Å². The highest BCUT2D eigenvalue weighted by Gasteiger charge is 2.10. The van der Waals surface area contributed by atoms with Crippen LogP contribution in [-0.2, 0) is 0 Å². The van der Waals surface area contributed by atoms with Crippen molar-refractivity contribution in [2.75, 3.05) is 7.11 Å². The average molecular weight is 285 g/mol. The number of methoxy groups -OCH3 is 1. The summed E-state index contributed by atoms with van der Waals surface area (Å²) in [6, 6.07) is 15.1. The Morgan fingerprint density at radius 2 is 1.90 bits per heavy atom. The summed E-state index contributed by atoms with van der Waals surface area (Å²) in [5.74, 6) is 0.802. The molecule has 3 nitrogen and oxygen atoms in total. The Bertz CT molecular complexity index is 630. The predicted octanol–water partition coefficient (Wildman–Crippen LogP) is 3.77. The van der Waals surface area contributed by atoms with Gasteiger partial charge in [-0.3, -0.25) is 0 Å². The van der Waals surface area contributed by atoms with Crippen molar-refractivity contribution >= 4 is 11.8 Å². The molecule has 4 heteroatoms. The molecule has 0 spiro atoms. The first-order valence-corrected chi connectivity index (χ1v) is 6.99. The van der Waals surface area contributed by atoms with Crippen LogP contribution in [0, 0.1) is 11.3 Å². The standard InChI is InChI=1S/C16H15NO2S/c1-11(18)15-8-3-12(10-17)9-16(15)20-14-6-4-13(19-2)5-7-14/h3-9,11,18H,1-2H3/t11-/m1/s1. The molecule has 0 bridgehead atoms. The van der Waals surface area contributed by atoms with Gasteiger partial charge in [-0.1, -0.05) is 17.8 Å². The lowest BCUT2D eigenvalue weighted by atomic mass is 10.1. The number of hydrogen-bond acceptors (Lipinski definition) is 4. The zero-order chi connectivity index (χ0) is 14.5. The molecule has 0 fully saturated rings. The minimum Gasteiger partial charge on any atom is -0.497 e. The summed E-state index contributed by atoms with van der Waals surface area (Å²) in [7, 11) is 1.63. The second kappa shape index (κ2) is 6.47. The molecule has 0 aliphatic carbocycles. The molecule has 20 heavy (non-hydrogen) atoms. The van der Waals surface area contributed by atoms with Gasteiger partial charge in [0.05, 0.1) is 24.8 Å². The molecule has 102 valence electrons. The lowest BCUT2D eigenvalue weighted by Gasteiger charge is -2.12. The van der Waals surface area contributed by atoms with E-state index >= 15 is 0 Å². The zero-order valence-corrected chi connectivity index (χ0v) is 12.1. The topological polar surface area (TPSA) is 53.2 Å². The van der Waals surface area contributed by atoms with Crippen LogP contribution in [0.4, 0.5) is 0 Å². The number of nitrogens with zero attached hydrogens (tertiary/aromatic N) is 1. The van der Waals surface area contributed by atoms with Crippen molar-refractivity contribution in [2.24, 2.45) is 0 Å². The zero-order valence-electron chi connectivity index (χ0n) is 11.3. The maximum Gasteiger partial charge on any atom is 0.118 e. The summed E-state index contributed by atoms with van der Waals surface area (Å²) in [6.07, 6.45) is -0.566. The van der Waals surface area contributed by atoms with Gasteiger partial charge in [-0.05, 0) is 48.9 Å². The summed E-state index contributed by atoms with van der Waals surface area (Å²) in [4.78, 5) is 1.92. The van der Waals surface area contributed by atoms with Crippen molar-refractivity contribution in [1.82, 2.24) is 0 Å². The van der Waals surface area contributed by atoms with Gasteiger partial charge < -0.3 is 9.84 Å². The fourth-order valence-electron chi connectivity index (χ4n) is 1.81. The molecular weight excluding hydrogens is 270 g/mol. The third-order valence-corrected chi connectivity index (χ3v) is 3.96. The van der Waals surface area contributed by atoms with Crippen LogP contribution in [0.3, 0.4) is 0 Å². The molecule has 0 saturated heterocycles. The summed E-state index contributed by atoms with van der Waals surface area (Å²) >= 11 is 1.52. The molecule has 0 aromatic heterocycles. The fraction of sp³-hybridized carbons (Fsp3) is 0.188. The first-order valence-electron chi connectivity index (χ1n) is 6.18. The smallest absolute Gasteiger partial charge is 0.118 e. The normalized spacial score (nSPS) is 11.7. The van der Waals surface area contributed by atoms with Crippen LogP contribution < -0.4 is 4.74 Å². The summed E-state index contributed by atoms with van der Waals surface area (Å²) in [6.45, 7) is 1.72. The van der Waals surface area contributed by atoms with Crippen molar-refractivity contribution in [1.29, 1.82) is 5.26 Å². The quantitative estimate of drug-likeness (QED) is 0.929. The van der Waals surface area contributed by atoms with Gasteiger partial charge in [-0.2, -0.15) is 5.26 Å². The van der Waals surface area contributed by atoms with Crippen LogP contribution in [0.15, 0.2) is 52.3 Å². The molecule has 0 amide bonds. The number of benzene rings is 2. The fourth-order valence-corrected chi connectivity index (χ4v) is 2.88. The molecular formula is C16H15NO2S. The first kappa shape index (κ1) is 14.4. The summed E-state index contributed by atoms with van der Waals surface area (Å²) in [5.41, 5.74) is 1.41. The van der Waals surface area contributed by atoms with Gasteiger partial charge in [0.25, 0.3) is 0 Å². The molecule has 0 aliphatic heterocycles. The molecule has 0 radical (unpaired) electrons. The van der Waals surface area contributed by atoms with E-state index in [-0.39, 0.29) is 0 Å². The van der Waals surface area contributed by atoms with Crippen molar-refractivity contribution < 1.29 is 9.84 Å². The molecule has 0 unspecified atom stereocenters. The predicted molar refractivity (Wildman–Crippen MR) is 78.9 cm³/mol. The van der Waals surface area contributed by atoms with Crippen molar-refractivity contribution in [2.45, 2.75) is 22.8 Å². The molecule has 2 aromatic rings. The van der Waals surface area contributed by atoms with E-state index in [1.54, 1.807) is 32.2 Å². The minimum atomic E-state index is -0.566. The van der Waals surface area contributed by atoms with Crippen LogP contribution in [0.1, 0.15) is 24.2 Å². The van der Waals surface area contributed by atoms with Crippen LogP contribution in [-0.4, -0.2) is 12.2 Å². The number of hydrogen-bond donors (Lipinski definition) is 1. The largest absolute Gasteiger partial charge is 0.497 e. The highest BCUT2D eigenvalue weighted by atomic mass is 32.2. The van der Waals surface area contributed by atoms with Gasteiger partial charge in [0.2, 0.25) is 0 Å². The Hall–Kier alpha value is -1.96. The second-order valence-corrected chi connectivity index (χ2v) is 5.43. The Morgan fingerprint density at radius 3 is 2.45 bits per heavy atom. The van der Waals surface area contributed by atoms with E-state index in [1.807, 2.05) is 24.3 Å². The van der Waals surface area contributed by atoms with E-state index < -0.39 is 6.10 Å². The number of aliphatic hydroxyl groups is 1. The third kappa shape index (κ3) is 3.32. The molecule has 0 saturated carbocycles. The van der Waals surface area contributed by atoms with Gasteiger partial charge in [-0.15, -0.1) is 0 Å². The van der Waals surface area contributed by atoms with E-state index in [0.29, 0.717) is 5.56 Å². The average Bonchev–Trinajstić information content (AvgIpc) is 2.47. The number of aliphatic hydroxyl groups excluding tert-OH is 1. The molecule has 0 heterocycles. The maximum absolute atomic E-state index is 9.81. The van der Waals surface area contributed by atoms with Gasteiger partial charge in [0, 0.05) is 9.79 Å². The summed E-state index contributed by atoms with van der Waals surface area (Å²) in [5, 5.41) is 18.8. The maximum atomic E-state index is 9.81.